The van der Waals surface area contributed by atoms with Gasteiger partial charge in [-0.1, -0.05) is 12.1 Å². The Morgan fingerprint density at radius 2 is 1.89 bits per heavy atom. The van der Waals surface area contributed by atoms with E-state index in [0.717, 1.165) is 44.4 Å². The third-order valence-corrected chi connectivity index (χ3v) is 6.09. The fourth-order valence-electron chi connectivity index (χ4n) is 4.25. The van der Waals surface area contributed by atoms with Crippen LogP contribution in [0.2, 0.25) is 0 Å². The maximum atomic E-state index is 12.8. The first-order chi connectivity index (χ1) is 18.0. The number of hydrogen-bond acceptors (Lipinski definition) is 8. The summed E-state index contributed by atoms with van der Waals surface area (Å²) in [6.07, 6.45) is 5.17. The molecule has 2 aromatic carbocycles. The molecule has 0 fully saturated rings. The number of aromatic amines is 2. The first-order valence-corrected chi connectivity index (χ1v) is 11.7. The minimum atomic E-state index is -0.0137. The van der Waals surface area contributed by atoms with Gasteiger partial charge in [-0.3, -0.25) is 9.89 Å². The van der Waals surface area contributed by atoms with Crippen LogP contribution in [-0.2, 0) is 6.42 Å². The van der Waals surface area contributed by atoms with Crippen molar-refractivity contribution in [2.45, 2.75) is 6.42 Å². The third-order valence-electron chi connectivity index (χ3n) is 6.09. The highest BCUT2D eigenvalue weighted by Crippen LogP contribution is 2.28. The molecule has 0 atom stereocenters. The molecule has 0 unspecified atom stereocenters. The average Bonchev–Trinajstić information content (AvgIpc) is 3.53. The van der Waals surface area contributed by atoms with E-state index in [-0.39, 0.29) is 12.2 Å². The number of carbonyl (C=O) groups is 1. The summed E-state index contributed by atoms with van der Waals surface area (Å²) in [6, 6.07) is 17.4. The number of nitrogens with zero attached hydrogens (tertiary/aromatic N) is 6. The number of rotatable bonds is 7. The molecule has 0 aliphatic carbocycles. The van der Waals surface area contributed by atoms with Crippen molar-refractivity contribution in [3.63, 3.8) is 0 Å². The third kappa shape index (κ3) is 4.47. The van der Waals surface area contributed by atoms with Gasteiger partial charge in [0.2, 0.25) is 0 Å². The van der Waals surface area contributed by atoms with Crippen LogP contribution in [0.4, 0.5) is 17.3 Å². The van der Waals surface area contributed by atoms with Gasteiger partial charge < -0.3 is 15.2 Å². The quantitative estimate of drug-likeness (QED) is 0.279. The van der Waals surface area contributed by atoms with Gasteiger partial charge in [-0.05, 0) is 48.0 Å². The molecular weight excluding hydrogens is 466 g/mol. The standard InChI is InChI=1S/C27H23N9O/c1-36(2)27-20-14-19(5-6-21(20)34-35-27)31-25-8-9-28-26(33-25)18-4-3-17-12-23(32-22(17)13-18)24(37)11-16-7-10-29-30-15-16/h3-10,12-15,32H,11H2,1-2H3,(H,34,35)(H,28,31,33). The van der Waals surface area contributed by atoms with Gasteiger partial charge in [-0.15, -0.1) is 0 Å². The molecule has 37 heavy (non-hydrogen) atoms. The molecule has 182 valence electrons. The number of anilines is 3. The van der Waals surface area contributed by atoms with E-state index >= 15 is 0 Å². The van der Waals surface area contributed by atoms with Crippen molar-refractivity contribution < 1.29 is 4.79 Å². The van der Waals surface area contributed by atoms with E-state index in [9.17, 15) is 4.79 Å². The van der Waals surface area contributed by atoms with Gasteiger partial charge in [-0.2, -0.15) is 15.3 Å². The SMILES string of the molecule is CN(C)c1n[nH]c2ccc(Nc3ccnc(-c4ccc5cc(C(=O)Cc6ccnnc6)[nH]c5c4)n3)cc12. The number of H-pyrrole nitrogens is 2. The van der Waals surface area contributed by atoms with Gasteiger partial charge in [0.15, 0.2) is 17.4 Å². The Morgan fingerprint density at radius 3 is 2.73 bits per heavy atom. The molecule has 0 radical (unpaired) electrons. The fourth-order valence-corrected chi connectivity index (χ4v) is 4.25. The number of carbonyl (C=O) groups excluding carboxylic acids is 1. The Balaban J connectivity index is 1.25. The number of aromatic nitrogens is 7. The highest BCUT2D eigenvalue weighted by Gasteiger charge is 2.13. The number of ketones is 1. The zero-order valence-corrected chi connectivity index (χ0v) is 20.2. The van der Waals surface area contributed by atoms with Crippen molar-refractivity contribution in [3.05, 3.63) is 84.4 Å². The van der Waals surface area contributed by atoms with Gasteiger partial charge in [0, 0.05) is 60.4 Å². The van der Waals surface area contributed by atoms with Gasteiger partial charge in [0.1, 0.15) is 5.82 Å². The molecule has 0 saturated heterocycles. The highest BCUT2D eigenvalue weighted by atomic mass is 16.1. The van der Waals surface area contributed by atoms with E-state index in [1.807, 2.05) is 67.5 Å². The van der Waals surface area contributed by atoms with Crippen LogP contribution in [0.5, 0.6) is 0 Å². The Labute approximate surface area is 211 Å². The fraction of sp³-hybridized carbons (Fsp3) is 0.111. The zero-order chi connectivity index (χ0) is 25.4. The number of hydrogen-bond donors (Lipinski definition) is 3. The lowest BCUT2D eigenvalue weighted by Gasteiger charge is -2.10. The van der Waals surface area contributed by atoms with Crippen LogP contribution < -0.4 is 10.2 Å². The highest BCUT2D eigenvalue weighted by molar-refractivity contribution is 6.01. The number of Topliss-reactive ketones (excluding diaryl/α,β-unsaturated/α-hetero) is 1. The summed E-state index contributed by atoms with van der Waals surface area (Å²) >= 11 is 0. The predicted molar refractivity (Wildman–Crippen MR) is 143 cm³/mol. The van der Waals surface area contributed by atoms with Gasteiger partial charge in [0.25, 0.3) is 0 Å². The summed E-state index contributed by atoms with van der Waals surface area (Å²) in [5, 5.41) is 20.4. The minimum absolute atomic E-state index is 0.0137. The minimum Gasteiger partial charge on any atom is -0.361 e. The lowest BCUT2D eigenvalue weighted by molar-refractivity contribution is 0.0989. The van der Waals surface area contributed by atoms with Crippen molar-refractivity contribution in [1.29, 1.82) is 0 Å². The topological polar surface area (TPSA) is 128 Å². The van der Waals surface area contributed by atoms with Gasteiger partial charge in [-0.25, -0.2) is 9.97 Å². The molecule has 0 spiro atoms. The molecule has 6 aromatic rings. The lowest BCUT2D eigenvalue weighted by Crippen LogP contribution is -2.09. The molecule has 4 heterocycles. The molecule has 0 aliphatic heterocycles. The van der Waals surface area contributed by atoms with Crippen LogP contribution in [0.3, 0.4) is 0 Å². The molecule has 4 aromatic heterocycles. The molecule has 3 N–H and O–H groups in total. The second-order valence-electron chi connectivity index (χ2n) is 8.93. The van der Waals surface area contributed by atoms with E-state index in [4.69, 9.17) is 4.98 Å². The van der Waals surface area contributed by atoms with Crippen LogP contribution in [0, 0.1) is 0 Å². The average molecular weight is 490 g/mol. The first kappa shape index (κ1) is 22.4. The predicted octanol–water partition coefficient (Wildman–Crippen LogP) is 4.53. The summed E-state index contributed by atoms with van der Waals surface area (Å²) in [5.74, 6) is 2.11. The van der Waals surface area contributed by atoms with Crippen molar-refractivity contribution in [1.82, 2.24) is 35.3 Å². The van der Waals surface area contributed by atoms with Gasteiger partial charge in [0.05, 0.1) is 17.4 Å². The van der Waals surface area contributed by atoms with Crippen LogP contribution in [-0.4, -0.2) is 55.2 Å². The molecule has 6 rings (SSSR count). The molecular formula is C27H23N9O. The molecule has 10 nitrogen and oxygen atoms in total. The van der Waals surface area contributed by atoms with Crippen molar-refractivity contribution >= 4 is 44.9 Å². The number of fused-ring (bicyclic) bond motifs is 2. The molecule has 10 heteroatoms. The number of benzene rings is 2. The molecule has 0 aliphatic rings. The van der Waals surface area contributed by atoms with E-state index in [1.165, 1.54) is 0 Å². The Morgan fingerprint density at radius 1 is 0.973 bits per heavy atom. The van der Waals surface area contributed by atoms with E-state index in [1.54, 1.807) is 24.7 Å². The molecule has 0 amide bonds. The van der Waals surface area contributed by atoms with Gasteiger partial charge >= 0.3 is 0 Å². The van der Waals surface area contributed by atoms with Crippen LogP contribution in [0.15, 0.2) is 73.2 Å². The maximum absolute atomic E-state index is 12.8. The molecule has 0 saturated carbocycles. The maximum Gasteiger partial charge on any atom is 0.183 e. The molecule has 0 bridgehead atoms. The van der Waals surface area contributed by atoms with E-state index in [0.29, 0.717) is 17.3 Å². The second-order valence-corrected chi connectivity index (χ2v) is 8.93. The number of nitrogens with one attached hydrogen (secondary N) is 3. The van der Waals surface area contributed by atoms with Crippen molar-refractivity contribution in [2.24, 2.45) is 0 Å². The van der Waals surface area contributed by atoms with Crippen LogP contribution in [0.25, 0.3) is 33.2 Å². The smallest absolute Gasteiger partial charge is 0.183 e. The second kappa shape index (κ2) is 9.15. The monoisotopic (exact) mass is 489 g/mol. The zero-order valence-electron chi connectivity index (χ0n) is 20.2. The van der Waals surface area contributed by atoms with Crippen molar-refractivity contribution in [3.8, 4) is 11.4 Å². The normalized spacial score (nSPS) is 11.2. The van der Waals surface area contributed by atoms with Crippen LogP contribution >= 0.6 is 0 Å². The summed E-state index contributed by atoms with van der Waals surface area (Å²) in [5.41, 5.74) is 4.92. The van der Waals surface area contributed by atoms with Crippen LogP contribution in [0.1, 0.15) is 16.1 Å². The van der Waals surface area contributed by atoms with Crippen molar-refractivity contribution in [2.75, 3.05) is 24.3 Å². The summed E-state index contributed by atoms with van der Waals surface area (Å²) < 4.78 is 0. The van der Waals surface area contributed by atoms with E-state index in [2.05, 4.69) is 35.7 Å². The largest absolute Gasteiger partial charge is 0.361 e. The summed E-state index contributed by atoms with van der Waals surface area (Å²) in [6.45, 7) is 0. The summed E-state index contributed by atoms with van der Waals surface area (Å²) in [4.78, 5) is 27.2. The Bertz CT molecular complexity index is 1740. The Kier molecular flexibility index (Phi) is 5.53. The summed E-state index contributed by atoms with van der Waals surface area (Å²) in [7, 11) is 3.93. The van der Waals surface area contributed by atoms with E-state index < -0.39 is 0 Å². The Hall–Kier alpha value is -5.12. The lowest BCUT2D eigenvalue weighted by atomic mass is 10.1. The first-order valence-electron chi connectivity index (χ1n) is 11.7.